The number of para-hydroxylation sites is 1. The molecule has 7 nitrogen and oxygen atoms in total. The van der Waals surface area contributed by atoms with E-state index in [1.165, 1.54) is 55.1 Å². The van der Waals surface area contributed by atoms with E-state index in [1.807, 2.05) is 6.07 Å². The standard InChI is InChI=1S/C24H23FN2O5S/c1-16-12-13-21(15-22(16)25)33(30,31)26-19-9-7-8-18(14-19)24(29)32-17(2)23(28)27(3)20-10-5-4-6-11-20/h4-15,17,26H,1-3H3. The topological polar surface area (TPSA) is 92.8 Å². The van der Waals surface area contributed by atoms with E-state index in [0.29, 0.717) is 11.3 Å². The molecule has 1 N–H and O–H groups in total. The summed E-state index contributed by atoms with van der Waals surface area (Å²) in [6.07, 6.45) is -1.07. The first-order valence-corrected chi connectivity index (χ1v) is 11.5. The van der Waals surface area contributed by atoms with Crippen molar-refractivity contribution in [3.05, 3.63) is 89.7 Å². The third kappa shape index (κ3) is 5.75. The van der Waals surface area contributed by atoms with E-state index in [-0.39, 0.29) is 16.1 Å². The van der Waals surface area contributed by atoms with Gasteiger partial charge in [0, 0.05) is 18.4 Å². The minimum Gasteiger partial charge on any atom is -0.449 e. The van der Waals surface area contributed by atoms with Gasteiger partial charge in [-0.25, -0.2) is 17.6 Å². The Hall–Kier alpha value is -3.72. The molecular formula is C24H23FN2O5S. The van der Waals surface area contributed by atoms with E-state index in [4.69, 9.17) is 4.74 Å². The van der Waals surface area contributed by atoms with Gasteiger partial charge in [0.1, 0.15) is 5.82 Å². The summed E-state index contributed by atoms with van der Waals surface area (Å²) in [6, 6.07) is 18.1. The highest BCUT2D eigenvalue weighted by Crippen LogP contribution is 2.20. The number of aryl methyl sites for hydroxylation is 1. The lowest BCUT2D eigenvalue weighted by Gasteiger charge is -2.21. The molecule has 0 bridgehead atoms. The minimum absolute atomic E-state index is 0.0484. The van der Waals surface area contributed by atoms with Gasteiger partial charge < -0.3 is 9.64 Å². The summed E-state index contributed by atoms with van der Waals surface area (Å²) in [5, 5.41) is 0. The van der Waals surface area contributed by atoms with Crippen molar-refractivity contribution in [1.82, 2.24) is 0 Å². The van der Waals surface area contributed by atoms with Crippen LogP contribution in [0.3, 0.4) is 0 Å². The first-order valence-electron chi connectivity index (χ1n) is 10.0. The Labute approximate surface area is 191 Å². The van der Waals surface area contributed by atoms with Crippen LogP contribution in [0, 0.1) is 12.7 Å². The number of sulfonamides is 1. The van der Waals surface area contributed by atoms with Crippen LogP contribution in [-0.4, -0.2) is 33.4 Å². The molecule has 1 unspecified atom stereocenters. The fourth-order valence-electron chi connectivity index (χ4n) is 3.00. The number of carbonyl (C=O) groups excluding carboxylic acids is 2. The lowest BCUT2D eigenvalue weighted by molar-refractivity contribution is -0.126. The second-order valence-electron chi connectivity index (χ2n) is 7.38. The van der Waals surface area contributed by atoms with Gasteiger partial charge in [-0.2, -0.15) is 0 Å². The second-order valence-corrected chi connectivity index (χ2v) is 9.06. The Balaban J connectivity index is 1.71. The Morgan fingerprint density at radius 3 is 2.36 bits per heavy atom. The Morgan fingerprint density at radius 1 is 1.00 bits per heavy atom. The van der Waals surface area contributed by atoms with E-state index in [1.54, 1.807) is 31.3 Å². The van der Waals surface area contributed by atoms with E-state index >= 15 is 0 Å². The number of carbonyl (C=O) groups is 2. The number of nitrogens with zero attached hydrogens (tertiary/aromatic N) is 1. The van der Waals surface area contributed by atoms with Crippen LogP contribution in [0.2, 0.25) is 0 Å². The predicted molar refractivity (Wildman–Crippen MR) is 123 cm³/mol. The van der Waals surface area contributed by atoms with Gasteiger partial charge >= 0.3 is 5.97 Å². The summed E-state index contributed by atoms with van der Waals surface area (Å²) >= 11 is 0. The van der Waals surface area contributed by atoms with E-state index < -0.39 is 33.8 Å². The molecule has 0 spiro atoms. The SMILES string of the molecule is Cc1ccc(S(=O)(=O)Nc2cccc(C(=O)OC(C)C(=O)N(C)c3ccccc3)c2)cc1F. The number of rotatable bonds is 7. The number of nitrogens with one attached hydrogen (secondary N) is 1. The van der Waals surface area contributed by atoms with Crippen molar-refractivity contribution < 1.29 is 27.1 Å². The molecule has 3 aromatic rings. The Bertz CT molecular complexity index is 1280. The summed E-state index contributed by atoms with van der Waals surface area (Å²) in [7, 11) is -2.50. The van der Waals surface area contributed by atoms with Gasteiger partial charge in [-0.05, 0) is 61.9 Å². The number of hydrogen-bond donors (Lipinski definition) is 1. The fraction of sp³-hybridized carbons (Fsp3) is 0.167. The predicted octanol–water partition coefficient (Wildman–Crippen LogP) is 4.14. The molecule has 1 amide bonds. The minimum atomic E-state index is -4.08. The number of benzene rings is 3. The van der Waals surface area contributed by atoms with Crippen molar-refractivity contribution in [2.75, 3.05) is 16.7 Å². The van der Waals surface area contributed by atoms with Crippen LogP contribution in [0.25, 0.3) is 0 Å². The molecule has 0 aliphatic rings. The summed E-state index contributed by atoms with van der Waals surface area (Å²) in [4.78, 5) is 26.3. The molecule has 1 atom stereocenters. The molecule has 33 heavy (non-hydrogen) atoms. The van der Waals surface area contributed by atoms with E-state index in [9.17, 15) is 22.4 Å². The largest absolute Gasteiger partial charge is 0.449 e. The van der Waals surface area contributed by atoms with E-state index in [0.717, 1.165) is 6.07 Å². The van der Waals surface area contributed by atoms with Gasteiger partial charge in [-0.3, -0.25) is 9.52 Å². The average molecular weight is 471 g/mol. The zero-order chi connectivity index (χ0) is 24.2. The van der Waals surface area contributed by atoms with Gasteiger partial charge in [0.15, 0.2) is 6.10 Å². The average Bonchev–Trinajstić information content (AvgIpc) is 2.80. The van der Waals surface area contributed by atoms with E-state index in [2.05, 4.69) is 4.72 Å². The summed E-state index contributed by atoms with van der Waals surface area (Å²) in [6.45, 7) is 2.98. The van der Waals surface area contributed by atoms with Gasteiger partial charge in [-0.15, -0.1) is 0 Å². The maximum atomic E-state index is 13.8. The number of hydrogen-bond acceptors (Lipinski definition) is 5. The monoisotopic (exact) mass is 470 g/mol. The van der Waals surface area contributed by atoms with Crippen LogP contribution in [0.5, 0.6) is 0 Å². The van der Waals surface area contributed by atoms with Crippen molar-refractivity contribution in [3.8, 4) is 0 Å². The van der Waals surface area contributed by atoms with Crippen LogP contribution in [0.1, 0.15) is 22.8 Å². The quantitative estimate of drug-likeness (QED) is 0.524. The zero-order valence-corrected chi connectivity index (χ0v) is 19.1. The van der Waals surface area contributed by atoms with Crippen LogP contribution in [0.4, 0.5) is 15.8 Å². The fourth-order valence-corrected chi connectivity index (χ4v) is 4.06. The number of halogens is 1. The molecule has 0 radical (unpaired) electrons. The first kappa shape index (κ1) is 23.9. The molecule has 3 aromatic carbocycles. The highest BCUT2D eigenvalue weighted by Gasteiger charge is 2.23. The molecule has 0 aliphatic heterocycles. The molecule has 0 fully saturated rings. The smallest absolute Gasteiger partial charge is 0.338 e. The molecule has 172 valence electrons. The molecule has 0 aliphatic carbocycles. The molecule has 0 aromatic heterocycles. The highest BCUT2D eigenvalue weighted by atomic mass is 32.2. The van der Waals surface area contributed by atoms with Crippen LogP contribution in [0.15, 0.2) is 77.7 Å². The molecule has 0 saturated carbocycles. The lowest BCUT2D eigenvalue weighted by Crippen LogP contribution is -2.37. The number of esters is 1. The molecule has 0 heterocycles. The third-order valence-electron chi connectivity index (χ3n) is 4.91. The maximum Gasteiger partial charge on any atom is 0.338 e. The van der Waals surface area contributed by atoms with Crippen molar-refractivity contribution >= 4 is 33.3 Å². The molecule has 0 saturated heterocycles. The van der Waals surface area contributed by atoms with Crippen molar-refractivity contribution in [3.63, 3.8) is 0 Å². The highest BCUT2D eigenvalue weighted by molar-refractivity contribution is 7.92. The second kappa shape index (κ2) is 9.83. The number of likely N-dealkylation sites (N-methyl/N-ethyl adjacent to an activating group) is 1. The normalized spacial score (nSPS) is 12.0. The van der Waals surface area contributed by atoms with Gasteiger partial charge in [0.25, 0.3) is 15.9 Å². The Morgan fingerprint density at radius 2 is 1.70 bits per heavy atom. The molecular weight excluding hydrogens is 447 g/mol. The summed E-state index contributed by atoms with van der Waals surface area (Å²) < 4.78 is 46.5. The zero-order valence-electron chi connectivity index (χ0n) is 18.3. The lowest BCUT2D eigenvalue weighted by atomic mass is 10.2. The number of ether oxygens (including phenoxy) is 1. The van der Waals surface area contributed by atoms with Crippen LogP contribution >= 0.6 is 0 Å². The van der Waals surface area contributed by atoms with Crippen molar-refractivity contribution in [1.29, 1.82) is 0 Å². The number of amides is 1. The van der Waals surface area contributed by atoms with Crippen molar-refractivity contribution in [2.24, 2.45) is 0 Å². The molecule has 3 rings (SSSR count). The molecule has 9 heteroatoms. The van der Waals surface area contributed by atoms with Gasteiger partial charge in [0.05, 0.1) is 10.5 Å². The summed E-state index contributed by atoms with van der Waals surface area (Å²) in [5.74, 6) is -1.86. The Kier molecular flexibility index (Phi) is 7.13. The van der Waals surface area contributed by atoms with Crippen LogP contribution in [-0.2, 0) is 19.6 Å². The first-order chi connectivity index (χ1) is 15.6. The summed E-state index contributed by atoms with van der Waals surface area (Å²) in [5.41, 5.74) is 1.10. The third-order valence-corrected chi connectivity index (χ3v) is 6.29. The maximum absolute atomic E-state index is 13.8. The van der Waals surface area contributed by atoms with Crippen LogP contribution < -0.4 is 9.62 Å². The van der Waals surface area contributed by atoms with Crippen molar-refractivity contribution in [2.45, 2.75) is 24.8 Å². The number of anilines is 2. The van der Waals surface area contributed by atoms with Gasteiger partial charge in [-0.1, -0.05) is 30.3 Å². The van der Waals surface area contributed by atoms with Gasteiger partial charge in [0.2, 0.25) is 0 Å².